The highest BCUT2D eigenvalue weighted by Gasteiger charge is 2.23. The van der Waals surface area contributed by atoms with E-state index in [2.05, 4.69) is 5.32 Å². The minimum atomic E-state index is -1.02. The molecule has 0 saturated carbocycles. The fourth-order valence-corrected chi connectivity index (χ4v) is 3.22. The smallest absolute Gasteiger partial charge is 0.407 e. The summed E-state index contributed by atoms with van der Waals surface area (Å²) in [5, 5.41) is 11.5. The maximum atomic E-state index is 14.5. The van der Waals surface area contributed by atoms with Crippen molar-refractivity contribution in [1.29, 1.82) is 0 Å². The number of carbonyl (C=O) groups is 2. The number of amides is 2. The van der Waals surface area contributed by atoms with Crippen LogP contribution in [0, 0.1) is 11.6 Å². The van der Waals surface area contributed by atoms with Crippen LogP contribution in [-0.2, 0) is 17.8 Å². The Kier molecular flexibility index (Phi) is 7.05. The average molecular weight is 419 g/mol. The number of rotatable bonds is 6. The first-order valence-corrected chi connectivity index (χ1v) is 9.59. The van der Waals surface area contributed by atoms with Gasteiger partial charge in [0.2, 0.25) is 0 Å². The van der Waals surface area contributed by atoms with E-state index < -0.39 is 23.8 Å². The van der Waals surface area contributed by atoms with Crippen molar-refractivity contribution in [1.82, 2.24) is 10.2 Å². The van der Waals surface area contributed by atoms with Gasteiger partial charge in [-0.25, -0.2) is 18.4 Å². The standard InChI is InChI=1S/C21H23F2N3O4/c22-17-13-19(25-8-10-26(11-9-25)21(28)29)18(23)12-16(17)6-7-24-20(27)30-14-15-4-2-1-3-5-15/h1-5,12-13H,6-11,14H2,(H,24,27)(H,28,29). The molecule has 160 valence electrons. The van der Waals surface area contributed by atoms with Crippen LogP contribution < -0.4 is 10.2 Å². The van der Waals surface area contributed by atoms with Gasteiger partial charge in [0.25, 0.3) is 0 Å². The van der Waals surface area contributed by atoms with Crippen LogP contribution in [0.4, 0.5) is 24.1 Å². The lowest BCUT2D eigenvalue weighted by Gasteiger charge is -2.34. The summed E-state index contributed by atoms with van der Waals surface area (Å²) in [6.07, 6.45) is -1.55. The normalized spacial score (nSPS) is 13.8. The molecule has 9 heteroatoms. The van der Waals surface area contributed by atoms with Gasteiger partial charge in [0, 0.05) is 38.8 Å². The van der Waals surface area contributed by atoms with Gasteiger partial charge in [-0.05, 0) is 23.6 Å². The molecule has 0 atom stereocenters. The van der Waals surface area contributed by atoms with E-state index in [0.717, 1.165) is 17.7 Å². The van der Waals surface area contributed by atoms with Gasteiger partial charge in [0.15, 0.2) is 0 Å². The molecule has 2 aromatic carbocycles. The molecule has 0 spiro atoms. The molecule has 2 aromatic rings. The van der Waals surface area contributed by atoms with Crippen LogP contribution in [0.2, 0.25) is 0 Å². The van der Waals surface area contributed by atoms with Gasteiger partial charge >= 0.3 is 12.2 Å². The summed E-state index contributed by atoms with van der Waals surface area (Å²) in [4.78, 5) is 25.6. The predicted octanol–water partition coefficient (Wildman–Crippen LogP) is 3.23. The van der Waals surface area contributed by atoms with Crippen LogP contribution in [0.5, 0.6) is 0 Å². The van der Waals surface area contributed by atoms with E-state index in [0.29, 0.717) is 0 Å². The van der Waals surface area contributed by atoms with Gasteiger partial charge in [0.05, 0.1) is 5.69 Å². The molecule has 1 heterocycles. The molecular formula is C21H23F2N3O4. The topological polar surface area (TPSA) is 82.1 Å². The van der Waals surface area contributed by atoms with Gasteiger partial charge in [-0.2, -0.15) is 0 Å². The molecule has 0 unspecified atom stereocenters. The third-order valence-electron chi connectivity index (χ3n) is 4.88. The summed E-state index contributed by atoms with van der Waals surface area (Å²) in [6.45, 7) is 1.26. The monoisotopic (exact) mass is 419 g/mol. The van der Waals surface area contributed by atoms with E-state index in [1.54, 1.807) is 4.90 Å². The van der Waals surface area contributed by atoms with Crippen molar-refractivity contribution in [2.24, 2.45) is 0 Å². The minimum absolute atomic E-state index is 0.0978. The lowest BCUT2D eigenvalue weighted by atomic mass is 10.1. The third kappa shape index (κ3) is 5.59. The summed E-state index contributed by atoms with van der Waals surface area (Å²) in [5.74, 6) is -1.16. The van der Waals surface area contributed by atoms with Crippen LogP contribution in [0.15, 0.2) is 42.5 Å². The van der Waals surface area contributed by atoms with Crippen LogP contribution in [0.3, 0.4) is 0 Å². The Bertz CT molecular complexity index is 887. The van der Waals surface area contributed by atoms with E-state index in [1.165, 1.54) is 4.90 Å². The Morgan fingerprint density at radius 1 is 1.03 bits per heavy atom. The molecule has 1 fully saturated rings. The van der Waals surface area contributed by atoms with Crippen molar-refractivity contribution in [3.05, 3.63) is 65.2 Å². The van der Waals surface area contributed by atoms with Gasteiger partial charge in [-0.3, -0.25) is 0 Å². The molecular weight excluding hydrogens is 396 g/mol. The summed E-state index contributed by atoms with van der Waals surface area (Å²) >= 11 is 0. The number of carbonyl (C=O) groups excluding carboxylic acids is 1. The Labute approximate surface area is 172 Å². The molecule has 1 aliphatic heterocycles. The highest BCUT2D eigenvalue weighted by molar-refractivity contribution is 5.67. The first kappa shape index (κ1) is 21.4. The van der Waals surface area contributed by atoms with Gasteiger partial charge < -0.3 is 25.0 Å². The zero-order valence-electron chi connectivity index (χ0n) is 16.3. The Morgan fingerprint density at radius 2 is 1.73 bits per heavy atom. The van der Waals surface area contributed by atoms with Crippen LogP contribution >= 0.6 is 0 Å². The molecule has 2 amide bonds. The predicted molar refractivity (Wildman–Crippen MR) is 107 cm³/mol. The zero-order chi connectivity index (χ0) is 21.5. The molecule has 0 bridgehead atoms. The maximum absolute atomic E-state index is 14.5. The first-order chi connectivity index (χ1) is 14.4. The highest BCUT2D eigenvalue weighted by Crippen LogP contribution is 2.24. The van der Waals surface area contributed by atoms with Crippen molar-refractivity contribution in [2.75, 3.05) is 37.6 Å². The van der Waals surface area contributed by atoms with E-state index in [4.69, 9.17) is 9.84 Å². The number of alkyl carbamates (subject to hydrolysis) is 1. The SMILES string of the molecule is O=C(NCCc1cc(F)c(N2CCN(C(=O)O)CC2)cc1F)OCc1ccccc1. The number of nitrogens with zero attached hydrogens (tertiary/aromatic N) is 2. The third-order valence-corrected chi connectivity index (χ3v) is 4.88. The quantitative estimate of drug-likeness (QED) is 0.751. The Balaban J connectivity index is 1.49. The van der Waals surface area contributed by atoms with Crippen molar-refractivity contribution < 1.29 is 28.2 Å². The molecule has 1 aliphatic rings. The summed E-state index contributed by atoms with van der Waals surface area (Å²) in [7, 11) is 0. The minimum Gasteiger partial charge on any atom is -0.465 e. The number of nitrogens with one attached hydrogen (secondary N) is 1. The molecule has 0 aromatic heterocycles. The fraction of sp³-hybridized carbons (Fsp3) is 0.333. The number of hydrogen-bond acceptors (Lipinski definition) is 4. The molecule has 0 aliphatic carbocycles. The van der Waals surface area contributed by atoms with Crippen LogP contribution in [0.1, 0.15) is 11.1 Å². The Hall–Kier alpha value is -3.36. The molecule has 3 rings (SSSR count). The van der Waals surface area contributed by atoms with E-state index >= 15 is 0 Å². The van der Waals surface area contributed by atoms with E-state index in [9.17, 15) is 18.4 Å². The van der Waals surface area contributed by atoms with Gasteiger partial charge in [-0.15, -0.1) is 0 Å². The summed E-state index contributed by atoms with van der Waals surface area (Å²) < 4.78 is 34.0. The van der Waals surface area contributed by atoms with Crippen LogP contribution in [0.25, 0.3) is 0 Å². The number of carboxylic acid groups (broad SMARTS) is 1. The molecule has 30 heavy (non-hydrogen) atoms. The molecule has 2 N–H and O–H groups in total. The van der Waals surface area contributed by atoms with E-state index in [1.807, 2.05) is 30.3 Å². The van der Waals surface area contributed by atoms with Crippen molar-refractivity contribution in [3.63, 3.8) is 0 Å². The van der Waals surface area contributed by atoms with Crippen molar-refractivity contribution in [2.45, 2.75) is 13.0 Å². The number of benzene rings is 2. The number of anilines is 1. The number of piperazine rings is 1. The fourth-order valence-electron chi connectivity index (χ4n) is 3.22. The van der Waals surface area contributed by atoms with Gasteiger partial charge in [0.1, 0.15) is 18.2 Å². The second-order valence-corrected chi connectivity index (χ2v) is 6.89. The van der Waals surface area contributed by atoms with Gasteiger partial charge in [-0.1, -0.05) is 30.3 Å². The van der Waals surface area contributed by atoms with Crippen molar-refractivity contribution >= 4 is 17.9 Å². The Morgan fingerprint density at radius 3 is 2.40 bits per heavy atom. The number of halogens is 2. The lowest BCUT2D eigenvalue weighted by Crippen LogP contribution is -2.48. The number of hydrogen-bond donors (Lipinski definition) is 2. The molecule has 7 nitrogen and oxygen atoms in total. The summed E-state index contributed by atoms with van der Waals surface area (Å²) in [5.41, 5.74) is 1.10. The van der Waals surface area contributed by atoms with Crippen molar-refractivity contribution in [3.8, 4) is 0 Å². The number of ether oxygens (including phenoxy) is 1. The largest absolute Gasteiger partial charge is 0.465 e. The second kappa shape index (κ2) is 9.91. The van der Waals surface area contributed by atoms with E-state index in [-0.39, 0.29) is 57.0 Å². The average Bonchev–Trinajstić information content (AvgIpc) is 2.75. The maximum Gasteiger partial charge on any atom is 0.407 e. The highest BCUT2D eigenvalue weighted by atomic mass is 19.1. The molecule has 0 radical (unpaired) electrons. The zero-order valence-corrected chi connectivity index (χ0v) is 16.3. The van der Waals surface area contributed by atoms with Crippen LogP contribution in [-0.4, -0.2) is 54.9 Å². The summed E-state index contributed by atoms with van der Waals surface area (Å²) in [6, 6.07) is 11.4. The first-order valence-electron chi connectivity index (χ1n) is 9.59. The lowest BCUT2D eigenvalue weighted by molar-refractivity contribution is 0.139. The second-order valence-electron chi connectivity index (χ2n) is 6.89. The molecule has 1 saturated heterocycles.